The topological polar surface area (TPSA) is 47.3 Å². The number of aliphatic hydroxyl groups is 1. The van der Waals surface area contributed by atoms with Gasteiger partial charge in [-0.3, -0.25) is 0 Å². The summed E-state index contributed by atoms with van der Waals surface area (Å²) in [6, 6.07) is 11.8. The second kappa shape index (κ2) is 6.87. The monoisotopic (exact) mass is 286 g/mol. The van der Waals surface area contributed by atoms with E-state index in [1.54, 1.807) is 6.20 Å². The quantitative estimate of drug-likeness (QED) is 0.917. The van der Waals surface area contributed by atoms with Gasteiger partial charge in [0.15, 0.2) is 0 Å². The Balaban J connectivity index is 1.65. The summed E-state index contributed by atoms with van der Waals surface area (Å²) in [6.07, 6.45) is 6.68. The van der Waals surface area contributed by atoms with Gasteiger partial charge in [-0.25, -0.2) is 4.68 Å². The van der Waals surface area contributed by atoms with Crippen molar-refractivity contribution in [3.05, 3.63) is 48.3 Å². The van der Waals surface area contributed by atoms with Gasteiger partial charge in [-0.05, 0) is 50.3 Å². The van der Waals surface area contributed by atoms with E-state index in [9.17, 15) is 5.11 Å². The molecule has 1 aromatic heterocycles. The van der Waals surface area contributed by atoms with E-state index in [0.29, 0.717) is 12.5 Å². The molecular formula is C17H22N2O2. The van der Waals surface area contributed by atoms with Crippen molar-refractivity contribution >= 4 is 0 Å². The molecule has 2 aromatic rings. The zero-order valence-corrected chi connectivity index (χ0v) is 12.2. The average molecular weight is 286 g/mol. The Morgan fingerprint density at radius 1 is 1.24 bits per heavy atom. The molecule has 4 nitrogen and oxygen atoms in total. The largest absolute Gasteiger partial charge is 0.387 e. The molecule has 1 aromatic carbocycles. The Hall–Kier alpha value is -1.65. The maximum atomic E-state index is 10.5. The lowest BCUT2D eigenvalue weighted by Crippen LogP contribution is -2.20. The van der Waals surface area contributed by atoms with Crippen molar-refractivity contribution in [2.75, 3.05) is 6.61 Å². The van der Waals surface area contributed by atoms with E-state index >= 15 is 0 Å². The molecule has 0 aliphatic carbocycles. The van der Waals surface area contributed by atoms with E-state index in [0.717, 1.165) is 30.8 Å². The van der Waals surface area contributed by atoms with Crippen LogP contribution in [0.3, 0.4) is 0 Å². The molecule has 4 heteroatoms. The first-order chi connectivity index (χ1) is 10.3. The molecule has 2 unspecified atom stereocenters. The molecular weight excluding hydrogens is 264 g/mol. The van der Waals surface area contributed by atoms with Crippen LogP contribution in [0.4, 0.5) is 0 Å². The summed E-state index contributed by atoms with van der Waals surface area (Å²) in [7, 11) is 0. The van der Waals surface area contributed by atoms with Crippen LogP contribution in [0.5, 0.6) is 0 Å². The molecule has 112 valence electrons. The molecule has 0 spiro atoms. The number of rotatable bonds is 5. The van der Waals surface area contributed by atoms with E-state index in [-0.39, 0.29) is 0 Å². The minimum absolute atomic E-state index is 0.307. The lowest BCUT2D eigenvalue weighted by Gasteiger charge is -2.23. The summed E-state index contributed by atoms with van der Waals surface area (Å²) < 4.78 is 7.54. The summed E-state index contributed by atoms with van der Waals surface area (Å²) in [5.74, 6) is 0. The third-order valence-electron chi connectivity index (χ3n) is 4.05. The van der Waals surface area contributed by atoms with Gasteiger partial charge in [-0.15, -0.1) is 0 Å². The fourth-order valence-corrected chi connectivity index (χ4v) is 2.88. The number of hydrogen-bond acceptors (Lipinski definition) is 3. The van der Waals surface area contributed by atoms with Gasteiger partial charge in [-0.2, -0.15) is 5.10 Å². The van der Waals surface area contributed by atoms with Crippen molar-refractivity contribution in [1.82, 2.24) is 9.78 Å². The minimum atomic E-state index is -0.502. The van der Waals surface area contributed by atoms with Gasteiger partial charge >= 0.3 is 0 Å². The van der Waals surface area contributed by atoms with Crippen LogP contribution in [0.15, 0.2) is 42.6 Å². The molecule has 0 saturated carbocycles. The van der Waals surface area contributed by atoms with E-state index in [1.165, 1.54) is 12.8 Å². The van der Waals surface area contributed by atoms with Crippen molar-refractivity contribution in [2.45, 2.75) is 44.3 Å². The summed E-state index contributed by atoms with van der Waals surface area (Å²) in [5, 5.41) is 14.8. The third-order valence-corrected chi connectivity index (χ3v) is 4.05. The molecule has 1 aliphatic heterocycles. The molecule has 1 saturated heterocycles. The molecule has 1 N–H and O–H groups in total. The first-order valence-corrected chi connectivity index (χ1v) is 7.73. The van der Waals surface area contributed by atoms with Crippen LogP contribution in [0, 0.1) is 0 Å². The van der Waals surface area contributed by atoms with Crippen molar-refractivity contribution < 1.29 is 9.84 Å². The lowest BCUT2D eigenvalue weighted by molar-refractivity contribution is 0.00169. The molecule has 21 heavy (non-hydrogen) atoms. The minimum Gasteiger partial charge on any atom is -0.387 e. The fraction of sp³-hybridized carbons (Fsp3) is 0.471. The highest BCUT2D eigenvalue weighted by Gasteiger charge is 2.19. The molecule has 2 atom stereocenters. The SMILES string of the molecule is OC(CCC1CCCCO1)c1ccnn1-c1ccccc1. The molecule has 1 aliphatic rings. The number of hydrogen-bond donors (Lipinski definition) is 1. The van der Waals surface area contributed by atoms with Crippen molar-refractivity contribution in [3.63, 3.8) is 0 Å². The first-order valence-electron chi connectivity index (χ1n) is 7.73. The zero-order chi connectivity index (χ0) is 14.5. The number of aromatic nitrogens is 2. The van der Waals surface area contributed by atoms with Crippen LogP contribution in [-0.4, -0.2) is 27.6 Å². The van der Waals surface area contributed by atoms with E-state index in [1.807, 2.05) is 41.1 Å². The van der Waals surface area contributed by atoms with Crippen LogP contribution >= 0.6 is 0 Å². The Kier molecular flexibility index (Phi) is 4.68. The highest BCUT2D eigenvalue weighted by molar-refractivity contribution is 5.32. The van der Waals surface area contributed by atoms with Crippen LogP contribution in [-0.2, 0) is 4.74 Å². The van der Waals surface area contributed by atoms with Gasteiger partial charge in [0.25, 0.3) is 0 Å². The van der Waals surface area contributed by atoms with Gasteiger partial charge in [0, 0.05) is 12.8 Å². The summed E-state index contributed by atoms with van der Waals surface area (Å²) >= 11 is 0. The summed E-state index contributed by atoms with van der Waals surface area (Å²) in [5.41, 5.74) is 1.82. The van der Waals surface area contributed by atoms with E-state index in [2.05, 4.69) is 5.10 Å². The fourth-order valence-electron chi connectivity index (χ4n) is 2.88. The molecule has 0 bridgehead atoms. The Bertz CT molecular complexity index is 547. The second-order valence-corrected chi connectivity index (χ2v) is 5.59. The highest BCUT2D eigenvalue weighted by atomic mass is 16.5. The second-order valence-electron chi connectivity index (χ2n) is 5.59. The van der Waals surface area contributed by atoms with Crippen LogP contribution in [0.1, 0.15) is 43.9 Å². The van der Waals surface area contributed by atoms with Crippen molar-refractivity contribution in [1.29, 1.82) is 0 Å². The Morgan fingerprint density at radius 3 is 2.86 bits per heavy atom. The molecule has 1 fully saturated rings. The van der Waals surface area contributed by atoms with E-state index in [4.69, 9.17) is 4.74 Å². The molecule has 0 amide bonds. The van der Waals surface area contributed by atoms with Crippen LogP contribution in [0.2, 0.25) is 0 Å². The maximum Gasteiger partial charge on any atom is 0.0962 e. The summed E-state index contributed by atoms with van der Waals surface area (Å²) in [4.78, 5) is 0. The zero-order valence-electron chi connectivity index (χ0n) is 12.2. The van der Waals surface area contributed by atoms with Gasteiger partial charge in [0.1, 0.15) is 0 Å². The Morgan fingerprint density at radius 2 is 2.10 bits per heavy atom. The number of aliphatic hydroxyl groups excluding tert-OH is 1. The molecule has 3 rings (SSSR count). The van der Waals surface area contributed by atoms with Crippen molar-refractivity contribution in [3.8, 4) is 5.69 Å². The molecule has 0 radical (unpaired) electrons. The van der Waals surface area contributed by atoms with Crippen molar-refractivity contribution in [2.24, 2.45) is 0 Å². The van der Waals surface area contributed by atoms with Gasteiger partial charge in [-0.1, -0.05) is 18.2 Å². The van der Waals surface area contributed by atoms with Crippen LogP contribution < -0.4 is 0 Å². The third kappa shape index (κ3) is 3.52. The van der Waals surface area contributed by atoms with Gasteiger partial charge in [0.05, 0.1) is 23.6 Å². The lowest BCUT2D eigenvalue weighted by atomic mass is 10.0. The normalized spacial score (nSPS) is 20.3. The predicted octanol–water partition coefficient (Wildman–Crippen LogP) is 3.26. The van der Waals surface area contributed by atoms with Gasteiger partial charge in [0.2, 0.25) is 0 Å². The smallest absolute Gasteiger partial charge is 0.0962 e. The highest BCUT2D eigenvalue weighted by Crippen LogP contribution is 2.25. The van der Waals surface area contributed by atoms with Crippen LogP contribution in [0.25, 0.3) is 5.69 Å². The van der Waals surface area contributed by atoms with Gasteiger partial charge < -0.3 is 9.84 Å². The maximum absolute atomic E-state index is 10.5. The Labute approximate surface area is 125 Å². The number of nitrogens with zero attached hydrogens (tertiary/aromatic N) is 2. The average Bonchev–Trinajstić information content (AvgIpc) is 3.04. The molecule has 2 heterocycles. The number of ether oxygens (including phenoxy) is 1. The first kappa shape index (κ1) is 14.3. The standard InChI is InChI=1S/C17H22N2O2/c20-17(10-9-15-8-4-5-13-21-15)16-11-12-18-19(16)14-6-2-1-3-7-14/h1-3,6-7,11-12,15,17,20H,4-5,8-10,13H2. The van der Waals surface area contributed by atoms with E-state index < -0.39 is 6.10 Å². The summed E-state index contributed by atoms with van der Waals surface area (Å²) in [6.45, 7) is 0.864. The number of para-hydroxylation sites is 1. The number of benzene rings is 1. The predicted molar refractivity (Wildman–Crippen MR) is 81.3 cm³/mol.